The maximum absolute atomic E-state index is 5.75. The number of benzene rings is 1. The maximum atomic E-state index is 5.75. The Balaban J connectivity index is 2.12. The summed E-state index contributed by atoms with van der Waals surface area (Å²) in [6.07, 6.45) is 4.42. The second kappa shape index (κ2) is 5.70. The average molecular weight is 281 g/mol. The van der Waals surface area contributed by atoms with Crippen LogP contribution in [0.5, 0.6) is 6.01 Å². The van der Waals surface area contributed by atoms with E-state index in [0.29, 0.717) is 12.4 Å². The van der Waals surface area contributed by atoms with Gasteiger partial charge in [-0.15, -0.1) is 0 Å². The van der Waals surface area contributed by atoms with Crippen molar-refractivity contribution in [2.75, 3.05) is 12.3 Å². The molecule has 21 heavy (non-hydrogen) atoms. The molecule has 6 nitrogen and oxygen atoms in total. The highest BCUT2D eigenvalue weighted by Crippen LogP contribution is 2.26. The summed E-state index contributed by atoms with van der Waals surface area (Å²) in [5, 5.41) is 2.03. The monoisotopic (exact) mass is 281 g/mol. The first-order valence-electron chi connectivity index (χ1n) is 6.75. The van der Waals surface area contributed by atoms with E-state index in [1.807, 2.05) is 31.2 Å². The highest BCUT2D eigenvalue weighted by molar-refractivity contribution is 5.94. The molecule has 1 aromatic carbocycles. The van der Waals surface area contributed by atoms with Crippen LogP contribution in [0.1, 0.15) is 13.3 Å². The third kappa shape index (κ3) is 2.74. The van der Waals surface area contributed by atoms with Gasteiger partial charge in [0, 0.05) is 23.3 Å². The quantitative estimate of drug-likeness (QED) is 0.790. The zero-order valence-electron chi connectivity index (χ0n) is 11.7. The molecule has 2 aromatic heterocycles. The number of anilines is 1. The van der Waals surface area contributed by atoms with Crippen molar-refractivity contribution in [1.82, 2.24) is 19.9 Å². The Morgan fingerprint density at radius 3 is 2.90 bits per heavy atom. The minimum absolute atomic E-state index is 0.145. The predicted molar refractivity (Wildman–Crippen MR) is 80.8 cm³/mol. The van der Waals surface area contributed by atoms with Crippen molar-refractivity contribution in [2.24, 2.45) is 0 Å². The van der Waals surface area contributed by atoms with Gasteiger partial charge in [0.2, 0.25) is 5.95 Å². The van der Waals surface area contributed by atoms with Gasteiger partial charge < -0.3 is 10.5 Å². The van der Waals surface area contributed by atoms with Crippen molar-refractivity contribution in [2.45, 2.75) is 13.3 Å². The second-order valence-corrected chi connectivity index (χ2v) is 4.55. The second-order valence-electron chi connectivity index (χ2n) is 4.55. The standard InChI is InChI=1S/C15H15N5O/c1-2-8-21-15-19-13(18-14(16)20-15)11-5-3-4-10-6-7-17-9-12(10)11/h3-7,9H,2,8H2,1H3,(H2,16,18,19,20). The van der Waals surface area contributed by atoms with Crippen molar-refractivity contribution in [3.8, 4) is 17.4 Å². The van der Waals surface area contributed by atoms with Gasteiger partial charge in [-0.3, -0.25) is 4.98 Å². The third-order valence-corrected chi connectivity index (χ3v) is 2.99. The molecule has 2 N–H and O–H groups in total. The van der Waals surface area contributed by atoms with E-state index in [-0.39, 0.29) is 12.0 Å². The summed E-state index contributed by atoms with van der Waals surface area (Å²) in [4.78, 5) is 16.7. The molecule has 0 bridgehead atoms. The molecule has 3 aromatic rings. The molecule has 106 valence electrons. The smallest absolute Gasteiger partial charge is 0.321 e. The lowest BCUT2D eigenvalue weighted by Crippen LogP contribution is -2.06. The summed E-state index contributed by atoms with van der Waals surface area (Å²) >= 11 is 0. The van der Waals surface area contributed by atoms with Gasteiger partial charge in [-0.1, -0.05) is 25.1 Å². The van der Waals surface area contributed by atoms with E-state index in [1.54, 1.807) is 12.4 Å². The Labute approximate surface area is 122 Å². The van der Waals surface area contributed by atoms with Crippen LogP contribution in [-0.2, 0) is 0 Å². The minimum Gasteiger partial charge on any atom is -0.463 e. The zero-order valence-corrected chi connectivity index (χ0v) is 11.7. The molecule has 0 radical (unpaired) electrons. The van der Waals surface area contributed by atoms with Crippen LogP contribution in [0.4, 0.5) is 5.95 Å². The van der Waals surface area contributed by atoms with E-state index in [4.69, 9.17) is 10.5 Å². The van der Waals surface area contributed by atoms with Crippen LogP contribution in [0.25, 0.3) is 22.2 Å². The van der Waals surface area contributed by atoms with E-state index in [9.17, 15) is 0 Å². The zero-order chi connectivity index (χ0) is 14.7. The first kappa shape index (κ1) is 13.2. The van der Waals surface area contributed by atoms with Crippen molar-refractivity contribution < 1.29 is 4.74 Å². The summed E-state index contributed by atoms with van der Waals surface area (Å²) in [6, 6.07) is 8.09. The fourth-order valence-corrected chi connectivity index (χ4v) is 2.06. The molecule has 0 aliphatic heterocycles. The number of nitrogens with two attached hydrogens (primary N) is 1. The van der Waals surface area contributed by atoms with Crippen LogP contribution in [-0.4, -0.2) is 26.5 Å². The topological polar surface area (TPSA) is 86.8 Å². The van der Waals surface area contributed by atoms with Crippen molar-refractivity contribution in [3.63, 3.8) is 0 Å². The lowest BCUT2D eigenvalue weighted by molar-refractivity contribution is 0.292. The lowest BCUT2D eigenvalue weighted by Gasteiger charge is -2.08. The van der Waals surface area contributed by atoms with Gasteiger partial charge in [-0.25, -0.2) is 0 Å². The number of fused-ring (bicyclic) bond motifs is 1. The number of aromatic nitrogens is 4. The van der Waals surface area contributed by atoms with E-state index in [0.717, 1.165) is 22.8 Å². The van der Waals surface area contributed by atoms with E-state index in [2.05, 4.69) is 19.9 Å². The molecule has 0 atom stereocenters. The van der Waals surface area contributed by atoms with Crippen LogP contribution >= 0.6 is 0 Å². The van der Waals surface area contributed by atoms with E-state index < -0.39 is 0 Å². The number of hydrogen-bond acceptors (Lipinski definition) is 6. The summed E-state index contributed by atoms with van der Waals surface area (Å²) in [7, 11) is 0. The molecule has 0 spiro atoms. The van der Waals surface area contributed by atoms with Gasteiger partial charge in [-0.05, 0) is 17.9 Å². The molecule has 0 fully saturated rings. The number of nitrogens with zero attached hydrogens (tertiary/aromatic N) is 4. The number of pyridine rings is 1. The Bertz CT molecular complexity index is 770. The van der Waals surface area contributed by atoms with Crippen LogP contribution in [0.2, 0.25) is 0 Å². The molecule has 0 aliphatic rings. The molecule has 0 saturated heterocycles. The maximum Gasteiger partial charge on any atom is 0.321 e. The molecule has 2 heterocycles. The summed E-state index contributed by atoms with van der Waals surface area (Å²) in [6.45, 7) is 2.56. The molecular weight excluding hydrogens is 266 g/mol. The van der Waals surface area contributed by atoms with Crippen LogP contribution < -0.4 is 10.5 Å². The lowest BCUT2D eigenvalue weighted by atomic mass is 10.1. The average Bonchev–Trinajstić information content (AvgIpc) is 2.52. The minimum atomic E-state index is 0.145. The first-order valence-corrected chi connectivity index (χ1v) is 6.75. The molecule has 0 unspecified atom stereocenters. The highest BCUT2D eigenvalue weighted by Gasteiger charge is 2.10. The summed E-state index contributed by atoms with van der Waals surface area (Å²) in [5.74, 6) is 0.638. The normalized spacial score (nSPS) is 10.7. The van der Waals surface area contributed by atoms with Crippen LogP contribution in [0.3, 0.4) is 0 Å². The van der Waals surface area contributed by atoms with Crippen LogP contribution in [0.15, 0.2) is 36.7 Å². The van der Waals surface area contributed by atoms with Gasteiger partial charge in [0.1, 0.15) is 0 Å². The fourth-order valence-electron chi connectivity index (χ4n) is 2.06. The molecule has 6 heteroatoms. The fraction of sp³-hybridized carbons (Fsp3) is 0.200. The summed E-state index contributed by atoms with van der Waals surface area (Å²) in [5.41, 5.74) is 6.61. The predicted octanol–water partition coefficient (Wildman–Crippen LogP) is 2.46. The number of rotatable bonds is 4. The molecule has 0 aliphatic carbocycles. The molecular formula is C15H15N5O. The van der Waals surface area contributed by atoms with Crippen molar-refractivity contribution in [3.05, 3.63) is 36.7 Å². The SMILES string of the molecule is CCCOc1nc(N)nc(-c2cccc3ccncc23)n1. The van der Waals surface area contributed by atoms with Crippen molar-refractivity contribution in [1.29, 1.82) is 0 Å². The largest absolute Gasteiger partial charge is 0.463 e. The van der Waals surface area contributed by atoms with Gasteiger partial charge >= 0.3 is 6.01 Å². The van der Waals surface area contributed by atoms with Gasteiger partial charge in [0.15, 0.2) is 5.82 Å². The summed E-state index contributed by atoms with van der Waals surface area (Å²) < 4.78 is 5.45. The third-order valence-electron chi connectivity index (χ3n) is 2.99. The highest BCUT2D eigenvalue weighted by atomic mass is 16.5. The molecule has 0 saturated carbocycles. The Morgan fingerprint density at radius 1 is 1.14 bits per heavy atom. The molecule has 0 amide bonds. The first-order chi connectivity index (χ1) is 10.3. The number of hydrogen-bond donors (Lipinski definition) is 1. The van der Waals surface area contributed by atoms with E-state index in [1.165, 1.54) is 0 Å². The van der Waals surface area contributed by atoms with Gasteiger partial charge in [0.25, 0.3) is 0 Å². The Hall–Kier alpha value is -2.76. The number of nitrogen functional groups attached to an aromatic ring is 1. The van der Waals surface area contributed by atoms with Crippen LogP contribution in [0, 0.1) is 0 Å². The van der Waals surface area contributed by atoms with Crippen molar-refractivity contribution >= 4 is 16.7 Å². The van der Waals surface area contributed by atoms with Gasteiger partial charge in [0.05, 0.1) is 6.61 Å². The van der Waals surface area contributed by atoms with Gasteiger partial charge in [-0.2, -0.15) is 15.0 Å². The number of ether oxygens (including phenoxy) is 1. The molecule has 3 rings (SSSR count). The van der Waals surface area contributed by atoms with E-state index >= 15 is 0 Å². The Morgan fingerprint density at radius 2 is 2.05 bits per heavy atom. The Kier molecular flexibility index (Phi) is 3.59.